The number of allylic oxidation sites excluding steroid dienone is 1. The van der Waals surface area contributed by atoms with Gasteiger partial charge in [0, 0.05) is 13.0 Å². The SMILES string of the molecule is CC1(C)C(CCO)=CC[C@@H]1CC=O. The van der Waals surface area contributed by atoms with Crippen LogP contribution in [-0.4, -0.2) is 18.0 Å². The highest BCUT2D eigenvalue weighted by Gasteiger charge is 2.35. The fraction of sp³-hybridized carbons (Fsp3) is 0.727. The summed E-state index contributed by atoms with van der Waals surface area (Å²) in [5, 5.41) is 8.86. The van der Waals surface area contributed by atoms with Crippen molar-refractivity contribution in [1.29, 1.82) is 0 Å². The van der Waals surface area contributed by atoms with Crippen LogP contribution in [-0.2, 0) is 4.79 Å². The molecule has 0 unspecified atom stereocenters. The minimum absolute atomic E-state index is 0.101. The second-order valence-electron chi connectivity index (χ2n) is 4.26. The number of carbonyl (C=O) groups is 1. The van der Waals surface area contributed by atoms with Crippen LogP contribution < -0.4 is 0 Å². The molecule has 2 nitrogen and oxygen atoms in total. The van der Waals surface area contributed by atoms with Crippen LogP contribution in [0.3, 0.4) is 0 Å². The molecule has 0 fully saturated rings. The maximum Gasteiger partial charge on any atom is 0.120 e. The molecule has 13 heavy (non-hydrogen) atoms. The van der Waals surface area contributed by atoms with Gasteiger partial charge in [-0.15, -0.1) is 0 Å². The van der Waals surface area contributed by atoms with Crippen molar-refractivity contribution in [1.82, 2.24) is 0 Å². The Balaban J connectivity index is 2.66. The number of aliphatic hydroxyl groups is 1. The highest BCUT2D eigenvalue weighted by Crippen LogP contribution is 2.45. The van der Waals surface area contributed by atoms with E-state index in [2.05, 4.69) is 19.9 Å². The van der Waals surface area contributed by atoms with Crippen molar-refractivity contribution in [2.24, 2.45) is 11.3 Å². The van der Waals surface area contributed by atoms with Crippen molar-refractivity contribution in [2.45, 2.75) is 33.1 Å². The van der Waals surface area contributed by atoms with Crippen LogP contribution >= 0.6 is 0 Å². The van der Waals surface area contributed by atoms with E-state index in [-0.39, 0.29) is 12.0 Å². The van der Waals surface area contributed by atoms with Gasteiger partial charge in [0.1, 0.15) is 6.29 Å². The van der Waals surface area contributed by atoms with Gasteiger partial charge in [0.05, 0.1) is 0 Å². The van der Waals surface area contributed by atoms with Crippen LogP contribution in [0.2, 0.25) is 0 Å². The average molecular weight is 182 g/mol. The number of aliphatic hydroxyl groups excluding tert-OH is 1. The molecule has 0 spiro atoms. The number of rotatable bonds is 4. The highest BCUT2D eigenvalue weighted by atomic mass is 16.3. The summed E-state index contributed by atoms with van der Waals surface area (Å²) in [5.74, 6) is 0.437. The van der Waals surface area contributed by atoms with Crippen LogP contribution in [0, 0.1) is 11.3 Å². The summed E-state index contributed by atoms with van der Waals surface area (Å²) >= 11 is 0. The molecule has 74 valence electrons. The second kappa shape index (κ2) is 4.05. The maximum absolute atomic E-state index is 10.4. The van der Waals surface area contributed by atoms with Crippen molar-refractivity contribution in [3.63, 3.8) is 0 Å². The Morgan fingerprint density at radius 1 is 1.69 bits per heavy atom. The molecule has 0 aliphatic heterocycles. The maximum atomic E-state index is 10.4. The summed E-state index contributed by atoms with van der Waals surface area (Å²) in [4.78, 5) is 10.4. The summed E-state index contributed by atoms with van der Waals surface area (Å²) in [6.07, 6.45) is 5.56. The largest absolute Gasteiger partial charge is 0.396 e. The van der Waals surface area contributed by atoms with Gasteiger partial charge in [0.2, 0.25) is 0 Å². The smallest absolute Gasteiger partial charge is 0.120 e. The van der Waals surface area contributed by atoms with E-state index in [1.807, 2.05) is 0 Å². The topological polar surface area (TPSA) is 37.3 Å². The average Bonchev–Trinajstić information content (AvgIpc) is 2.33. The standard InChI is InChI=1S/C11H18O2/c1-11(2)9(5-7-12)3-4-10(11)6-8-13/h3,8,10,12H,4-7H2,1-2H3/t10-/m1/s1. The van der Waals surface area contributed by atoms with E-state index in [0.717, 1.165) is 19.1 Å². The van der Waals surface area contributed by atoms with Gasteiger partial charge in [0.25, 0.3) is 0 Å². The number of aldehydes is 1. The van der Waals surface area contributed by atoms with Crippen molar-refractivity contribution in [3.05, 3.63) is 11.6 Å². The summed E-state index contributed by atoms with van der Waals surface area (Å²) in [7, 11) is 0. The summed E-state index contributed by atoms with van der Waals surface area (Å²) < 4.78 is 0. The van der Waals surface area contributed by atoms with Gasteiger partial charge in [-0.2, -0.15) is 0 Å². The number of hydrogen-bond donors (Lipinski definition) is 1. The fourth-order valence-electron chi connectivity index (χ4n) is 2.16. The summed E-state index contributed by atoms with van der Waals surface area (Å²) in [6, 6.07) is 0. The molecule has 1 rings (SSSR count). The minimum Gasteiger partial charge on any atom is -0.396 e. The minimum atomic E-state index is 0.101. The molecular formula is C11H18O2. The van der Waals surface area contributed by atoms with Gasteiger partial charge in [-0.3, -0.25) is 0 Å². The van der Waals surface area contributed by atoms with Crippen LogP contribution in [0.25, 0.3) is 0 Å². The van der Waals surface area contributed by atoms with Gasteiger partial charge < -0.3 is 9.90 Å². The number of hydrogen-bond acceptors (Lipinski definition) is 2. The molecule has 1 aliphatic rings. The second-order valence-corrected chi connectivity index (χ2v) is 4.26. The molecule has 0 radical (unpaired) electrons. The quantitative estimate of drug-likeness (QED) is 0.533. The first-order chi connectivity index (χ1) is 6.12. The van der Waals surface area contributed by atoms with E-state index >= 15 is 0 Å². The third kappa shape index (κ3) is 1.99. The van der Waals surface area contributed by atoms with E-state index < -0.39 is 0 Å². The third-order valence-corrected chi connectivity index (χ3v) is 3.26. The van der Waals surface area contributed by atoms with Gasteiger partial charge in [-0.05, 0) is 24.2 Å². The third-order valence-electron chi connectivity index (χ3n) is 3.26. The van der Waals surface area contributed by atoms with Crippen molar-refractivity contribution < 1.29 is 9.90 Å². The molecule has 0 saturated carbocycles. The van der Waals surface area contributed by atoms with Crippen LogP contribution in [0.1, 0.15) is 33.1 Å². The predicted octanol–water partition coefficient (Wildman–Crippen LogP) is 1.93. The highest BCUT2D eigenvalue weighted by molar-refractivity contribution is 5.50. The molecule has 0 aromatic heterocycles. The summed E-state index contributed by atoms with van der Waals surface area (Å²) in [6.45, 7) is 4.54. The van der Waals surface area contributed by atoms with Gasteiger partial charge in [0.15, 0.2) is 0 Å². The first kappa shape index (κ1) is 10.5. The Kier molecular flexibility index (Phi) is 3.26. The molecule has 1 N–H and O–H groups in total. The molecular weight excluding hydrogens is 164 g/mol. The van der Waals surface area contributed by atoms with Gasteiger partial charge >= 0.3 is 0 Å². The van der Waals surface area contributed by atoms with E-state index in [4.69, 9.17) is 5.11 Å². The number of carbonyl (C=O) groups excluding carboxylic acids is 1. The monoisotopic (exact) mass is 182 g/mol. The first-order valence-corrected chi connectivity index (χ1v) is 4.87. The van der Waals surface area contributed by atoms with Crippen molar-refractivity contribution in [3.8, 4) is 0 Å². The molecule has 0 amide bonds. The van der Waals surface area contributed by atoms with E-state index in [1.54, 1.807) is 0 Å². The molecule has 1 atom stereocenters. The molecule has 2 heteroatoms. The van der Waals surface area contributed by atoms with Crippen LogP contribution in [0.4, 0.5) is 0 Å². The zero-order valence-electron chi connectivity index (χ0n) is 8.42. The lowest BCUT2D eigenvalue weighted by Gasteiger charge is -2.29. The van der Waals surface area contributed by atoms with Crippen molar-refractivity contribution in [2.75, 3.05) is 6.61 Å². The molecule has 0 saturated heterocycles. The van der Waals surface area contributed by atoms with E-state index in [0.29, 0.717) is 12.3 Å². The normalized spacial score (nSPS) is 25.8. The van der Waals surface area contributed by atoms with Gasteiger partial charge in [-0.1, -0.05) is 25.5 Å². The molecule has 0 heterocycles. The molecule has 0 aromatic carbocycles. The lowest BCUT2D eigenvalue weighted by Crippen LogP contribution is -2.22. The molecule has 0 aromatic rings. The summed E-state index contributed by atoms with van der Waals surface area (Å²) in [5.41, 5.74) is 1.41. The Hall–Kier alpha value is -0.630. The van der Waals surface area contributed by atoms with Crippen LogP contribution in [0.5, 0.6) is 0 Å². The Morgan fingerprint density at radius 2 is 2.38 bits per heavy atom. The lowest BCUT2D eigenvalue weighted by atomic mass is 9.75. The zero-order valence-corrected chi connectivity index (χ0v) is 8.42. The molecule has 1 aliphatic carbocycles. The predicted molar refractivity (Wildman–Crippen MR) is 52.4 cm³/mol. The van der Waals surface area contributed by atoms with Gasteiger partial charge in [-0.25, -0.2) is 0 Å². The lowest BCUT2D eigenvalue weighted by molar-refractivity contribution is -0.109. The Labute approximate surface area is 79.6 Å². The van der Waals surface area contributed by atoms with Crippen LogP contribution in [0.15, 0.2) is 11.6 Å². The Bertz CT molecular complexity index is 216. The van der Waals surface area contributed by atoms with E-state index in [9.17, 15) is 4.79 Å². The zero-order chi connectivity index (χ0) is 9.90. The fourth-order valence-corrected chi connectivity index (χ4v) is 2.16. The Morgan fingerprint density at radius 3 is 2.92 bits per heavy atom. The first-order valence-electron chi connectivity index (χ1n) is 4.87. The van der Waals surface area contributed by atoms with E-state index in [1.165, 1.54) is 5.57 Å². The molecule has 0 bridgehead atoms. The van der Waals surface area contributed by atoms with Crippen molar-refractivity contribution >= 4 is 6.29 Å².